The van der Waals surface area contributed by atoms with Gasteiger partial charge in [-0.3, -0.25) is 14.6 Å². The van der Waals surface area contributed by atoms with E-state index in [1.807, 2.05) is 0 Å². The molecule has 6 nitrogen and oxygen atoms in total. The van der Waals surface area contributed by atoms with Gasteiger partial charge in [0.15, 0.2) is 0 Å². The molecular formula is C8H16NO5P. The maximum Gasteiger partial charge on any atom is 0.524 e. The zero-order valence-electron chi connectivity index (χ0n) is 9.17. The van der Waals surface area contributed by atoms with Crippen LogP contribution in [-0.4, -0.2) is 34.7 Å². The molecule has 0 radical (unpaired) electrons. The van der Waals surface area contributed by atoms with E-state index in [4.69, 9.17) is 9.79 Å². The van der Waals surface area contributed by atoms with Gasteiger partial charge in [-0.2, -0.15) is 0 Å². The highest BCUT2D eigenvalue weighted by Gasteiger charge is 2.20. The molecule has 1 amide bonds. The number of carbonyl (C=O) groups is 1. The average molecular weight is 237 g/mol. The van der Waals surface area contributed by atoms with E-state index in [1.165, 1.54) is 19.0 Å². The third-order valence-electron chi connectivity index (χ3n) is 1.50. The maximum atomic E-state index is 11.3. The Balaban J connectivity index is 4.83. The Morgan fingerprint density at radius 3 is 2.13 bits per heavy atom. The lowest BCUT2D eigenvalue weighted by Crippen LogP contribution is -2.20. The van der Waals surface area contributed by atoms with Crippen molar-refractivity contribution in [1.82, 2.24) is 4.90 Å². The zero-order valence-corrected chi connectivity index (χ0v) is 10.1. The van der Waals surface area contributed by atoms with Crippen LogP contribution in [0.5, 0.6) is 0 Å². The number of allylic oxidation sites excluding steroid dienone is 1. The summed E-state index contributed by atoms with van der Waals surface area (Å²) in [7, 11) is -1.53. The predicted molar refractivity (Wildman–Crippen MR) is 54.7 cm³/mol. The van der Waals surface area contributed by atoms with Crippen molar-refractivity contribution in [3.05, 3.63) is 11.8 Å². The standard InChI is InChI=1S/C8H16NO5P/c1-6(2)7(14-15(11,12)13)5-8(10)9(3)4/h5-6H,1-4H3,(H2,11,12,13). The Labute approximate surface area is 88.8 Å². The molecule has 0 fully saturated rings. The molecule has 2 N–H and O–H groups in total. The summed E-state index contributed by atoms with van der Waals surface area (Å²) in [6, 6.07) is 0. The van der Waals surface area contributed by atoms with Crippen LogP contribution < -0.4 is 0 Å². The molecule has 0 aromatic heterocycles. The van der Waals surface area contributed by atoms with Crippen LogP contribution in [0, 0.1) is 5.92 Å². The van der Waals surface area contributed by atoms with Gasteiger partial charge in [-0.15, -0.1) is 0 Å². The van der Waals surface area contributed by atoms with Crippen molar-refractivity contribution in [3.63, 3.8) is 0 Å². The van der Waals surface area contributed by atoms with Gasteiger partial charge >= 0.3 is 7.82 Å². The van der Waals surface area contributed by atoms with Crippen LogP contribution in [0.25, 0.3) is 0 Å². The van der Waals surface area contributed by atoms with E-state index in [2.05, 4.69) is 4.52 Å². The lowest BCUT2D eigenvalue weighted by Gasteiger charge is -2.15. The summed E-state index contributed by atoms with van der Waals surface area (Å²) in [5.41, 5.74) is 0. The fourth-order valence-electron chi connectivity index (χ4n) is 0.687. The number of nitrogens with zero attached hydrogens (tertiary/aromatic N) is 1. The van der Waals surface area contributed by atoms with E-state index in [9.17, 15) is 9.36 Å². The lowest BCUT2D eigenvalue weighted by molar-refractivity contribution is -0.123. The van der Waals surface area contributed by atoms with Gasteiger partial charge in [0, 0.05) is 26.1 Å². The zero-order chi connectivity index (χ0) is 12.2. The fraction of sp³-hybridized carbons (Fsp3) is 0.625. The van der Waals surface area contributed by atoms with E-state index < -0.39 is 7.82 Å². The van der Waals surface area contributed by atoms with Crippen LogP contribution in [0.15, 0.2) is 11.8 Å². The first-order chi connectivity index (χ1) is 6.63. The number of hydrogen-bond acceptors (Lipinski definition) is 3. The lowest BCUT2D eigenvalue weighted by atomic mass is 10.1. The minimum Gasteiger partial charge on any atom is -0.408 e. The second kappa shape index (κ2) is 5.30. The molecule has 0 saturated carbocycles. The molecular weight excluding hydrogens is 221 g/mol. The molecule has 0 aromatic carbocycles. The highest BCUT2D eigenvalue weighted by molar-refractivity contribution is 7.46. The van der Waals surface area contributed by atoms with Crippen LogP contribution in [0.1, 0.15) is 13.8 Å². The van der Waals surface area contributed by atoms with Crippen molar-refractivity contribution in [1.29, 1.82) is 0 Å². The van der Waals surface area contributed by atoms with Crippen molar-refractivity contribution < 1.29 is 23.7 Å². The number of phosphoric ester groups is 1. The fourth-order valence-corrected chi connectivity index (χ4v) is 1.22. The molecule has 0 saturated heterocycles. The van der Waals surface area contributed by atoms with Crippen LogP contribution in [0.4, 0.5) is 0 Å². The SMILES string of the molecule is CC(C)C(=CC(=O)N(C)C)OP(=O)(O)O. The molecule has 0 aliphatic heterocycles. The topological polar surface area (TPSA) is 87.1 Å². The molecule has 0 heterocycles. The number of carbonyl (C=O) groups excluding carboxylic acids is 1. The molecule has 0 unspecified atom stereocenters. The molecule has 88 valence electrons. The second-order valence-electron chi connectivity index (χ2n) is 3.52. The van der Waals surface area contributed by atoms with Gasteiger partial charge in [-0.1, -0.05) is 13.8 Å². The predicted octanol–water partition coefficient (Wildman–Crippen LogP) is 0.724. The Morgan fingerprint density at radius 2 is 1.87 bits per heavy atom. The molecule has 0 aromatic rings. The summed E-state index contributed by atoms with van der Waals surface area (Å²) in [6.45, 7) is 3.34. The van der Waals surface area contributed by atoms with E-state index in [1.54, 1.807) is 13.8 Å². The number of amides is 1. The van der Waals surface area contributed by atoms with Crippen LogP contribution in [-0.2, 0) is 13.9 Å². The number of rotatable bonds is 4. The first-order valence-electron chi connectivity index (χ1n) is 4.31. The summed E-state index contributed by atoms with van der Waals surface area (Å²) in [5, 5.41) is 0. The molecule has 0 aliphatic rings. The van der Waals surface area contributed by atoms with Gasteiger partial charge in [0.05, 0.1) is 0 Å². The molecule has 0 bridgehead atoms. The van der Waals surface area contributed by atoms with Gasteiger partial charge in [-0.05, 0) is 0 Å². The summed E-state index contributed by atoms with van der Waals surface area (Å²) < 4.78 is 15.0. The molecule has 15 heavy (non-hydrogen) atoms. The van der Waals surface area contributed by atoms with E-state index >= 15 is 0 Å². The second-order valence-corrected chi connectivity index (χ2v) is 4.68. The minimum absolute atomic E-state index is 0.0259. The number of likely N-dealkylation sites (N-methyl/N-ethyl adjacent to an activating group) is 1. The Kier molecular flexibility index (Phi) is 5.00. The first kappa shape index (κ1) is 14.2. The molecule has 7 heteroatoms. The van der Waals surface area contributed by atoms with E-state index in [0.717, 1.165) is 6.08 Å². The minimum atomic E-state index is -4.60. The smallest absolute Gasteiger partial charge is 0.408 e. The summed E-state index contributed by atoms with van der Waals surface area (Å²) in [6.07, 6.45) is 1.07. The Bertz CT molecular complexity index is 304. The Hall–Kier alpha value is -0.840. The average Bonchev–Trinajstić information content (AvgIpc) is 1.99. The van der Waals surface area contributed by atoms with Crippen molar-refractivity contribution in [2.75, 3.05) is 14.1 Å². The molecule has 0 atom stereocenters. The summed E-state index contributed by atoms with van der Waals surface area (Å²) >= 11 is 0. The molecule has 0 spiro atoms. The van der Waals surface area contributed by atoms with Gasteiger partial charge in [0.2, 0.25) is 5.91 Å². The monoisotopic (exact) mass is 237 g/mol. The Morgan fingerprint density at radius 1 is 1.40 bits per heavy atom. The van der Waals surface area contributed by atoms with E-state index in [0.29, 0.717) is 0 Å². The van der Waals surface area contributed by atoms with Gasteiger partial charge in [0.1, 0.15) is 5.76 Å². The van der Waals surface area contributed by atoms with Crippen molar-refractivity contribution in [2.24, 2.45) is 5.92 Å². The van der Waals surface area contributed by atoms with Gasteiger partial charge in [0.25, 0.3) is 0 Å². The van der Waals surface area contributed by atoms with Crippen molar-refractivity contribution >= 4 is 13.7 Å². The van der Waals surface area contributed by atoms with Crippen molar-refractivity contribution in [3.8, 4) is 0 Å². The first-order valence-corrected chi connectivity index (χ1v) is 5.84. The largest absolute Gasteiger partial charge is 0.524 e. The quantitative estimate of drug-likeness (QED) is 0.427. The highest BCUT2D eigenvalue weighted by Crippen LogP contribution is 2.40. The van der Waals surface area contributed by atoms with E-state index in [-0.39, 0.29) is 17.6 Å². The number of phosphoric acid groups is 1. The highest BCUT2D eigenvalue weighted by atomic mass is 31.2. The maximum absolute atomic E-state index is 11.3. The van der Waals surface area contributed by atoms with Crippen LogP contribution in [0.3, 0.4) is 0 Å². The van der Waals surface area contributed by atoms with Gasteiger partial charge in [-0.25, -0.2) is 4.57 Å². The van der Waals surface area contributed by atoms with Gasteiger partial charge < -0.3 is 9.42 Å². The third kappa shape index (κ3) is 6.28. The number of hydrogen-bond donors (Lipinski definition) is 2. The molecule has 0 rings (SSSR count). The summed E-state index contributed by atoms with van der Waals surface area (Å²) in [5.74, 6) is -0.685. The molecule has 0 aliphatic carbocycles. The summed E-state index contributed by atoms with van der Waals surface area (Å²) in [4.78, 5) is 29.8. The normalized spacial score (nSPS) is 12.9. The van der Waals surface area contributed by atoms with Crippen LogP contribution >= 0.6 is 7.82 Å². The van der Waals surface area contributed by atoms with Crippen molar-refractivity contribution in [2.45, 2.75) is 13.8 Å². The van der Waals surface area contributed by atoms with Crippen LogP contribution in [0.2, 0.25) is 0 Å². The third-order valence-corrected chi connectivity index (χ3v) is 1.95.